The maximum Gasteiger partial charge on any atom is 0.227 e. The fourth-order valence-corrected chi connectivity index (χ4v) is 3.96. The molecule has 146 valence electrons. The molecule has 3 aromatic rings. The lowest BCUT2D eigenvalue weighted by atomic mass is 10.2. The topological polar surface area (TPSA) is 83.4 Å². The number of nitrogens with zero attached hydrogens (tertiary/aromatic N) is 4. The van der Waals surface area contributed by atoms with Crippen LogP contribution in [0.5, 0.6) is 5.75 Å². The average Bonchev–Trinajstić information content (AvgIpc) is 3.40. The molecule has 1 saturated heterocycles. The minimum absolute atomic E-state index is 0.222. The van der Waals surface area contributed by atoms with Crippen molar-refractivity contribution in [2.75, 3.05) is 31.6 Å². The Balaban J connectivity index is 1.36. The molecule has 1 fully saturated rings. The summed E-state index contributed by atoms with van der Waals surface area (Å²) in [5.74, 6) is 1.31. The van der Waals surface area contributed by atoms with Crippen molar-refractivity contribution in [2.45, 2.75) is 18.9 Å². The van der Waals surface area contributed by atoms with Gasteiger partial charge in [0.15, 0.2) is 0 Å². The number of aliphatic hydroxyl groups is 1. The summed E-state index contributed by atoms with van der Waals surface area (Å²) < 4.78 is 5.91. The fourth-order valence-electron chi connectivity index (χ4n) is 3.36. The number of thiazole rings is 1. The van der Waals surface area contributed by atoms with Crippen molar-refractivity contribution in [2.24, 2.45) is 0 Å². The number of rotatable bonds is 8. The van der Waals surface area contributed by atoms with Crippen molar-refractivity contribution in [1.82, 2.24) is 19.9 Å². The Morgan fingerprint density at radius 1 is 1.25 bits per heavy atom. The van der Waals surface area contributed by atoms with E-state index in [0.29, 0.717) is 12.6 Å². The van der Waals surface area contributed by atoms with Crippen LogP contribution in [-0.4, -0.2) is 57.3 Å². The first kappa shape index (κ1) is 18.8. The second kappa shape index (κ2) is 9.09. The highest BCUT2D eigenvalue weighted by Crippen LogP contribution is 2.23. The number of aromatic nitrogens is 3. The predicted molar refractivity (Wildman–Crippen MR) is 110 cm³/mol. The molecule has 2 aromatic heterocycles. The van der Waals surface area contributed by atoms with Gasteiger partial charge in [-0.2, -0.15) is 0 Å². The fraction of sp³-hybridized carbons (Fsp3) is 0.350. The zero-order valence-corrected chi connectivity index (χ0v) is 16.3. The number of anilines is 2. The maximum absolute atomic E-state index is 9.40. The van der Waals surface area contributed by atoms with E-state index in [2.05, 4.69) is 25.2 Å². The van der Waals surface area contributed by atoms with Crippen molar-refractivity contribution >= 4 is 23.0 Å². The van der Waals surface area contributed by atoms with Gasteiger partial charge in [0.05, 0.1) is 6.61 Å². The van der Waals surface area contributed by atoms with Gasteiger partial charge in [-0.3, -0.25) is 4.90 Å². The lowest BCUT2D eigenvalue weighted by molar-refractivity contribution is 0.139. The summed E-state index contributed by atoms with van der Waals surface area (Å²) >= 11 is 1.55. The highest BCUT2D eigenvalue weighted by atomic mass is 32.1. The lowest BCUT2D eigenvalue weighted by Gasteiger charge is -2.22. The Morgan fingerprint density at radius 2 is 2.21 bits per heavy atom. The van der Waals surface area contributed by atoms with E-state index >= 15 is 0 Å². The Kier molecular flexibility index (Phi) is 6.11. The second-order valence-electron chi connectivity index (χ2n) is 6.62. The van der Waals surface area contributed by atoms with E-state index in [4.69, 9.17) is 4.74 Å². The zero-order valence-electron chi connectivity index (χ0n) is 15.5. The molecular formula is C20H23N5O2S. The third-order valence-corrected chi connectivity index (χ3v) is 5.55. The highest BCUT2D eigenvalue weighted by Gasteiger charge is 2.23. The molecule has 0 spiro atoms. The summed E-state index contributed by atoms with van der Waals surface area (Å²) in [4.78, 5) is 15.4. The van der Waals surface area contributed by atoms with Crippen LogP contribution >= 0.6 is 11.3 Å². The molecule has 2 N–H and O–H groups in total. The Morgan fingerprint density at radius 3 is 3.07 bits per heavy atom. The van der Waals surface area contributed by atoms with Crippen LogP contribution < -0.4 is 10.1 Å². The molecule has 0 radical (unpaired) electrons. The molecule has 1 atom stereocenters. The van der Waals surface area contributed by atoms with Gasteiger partial charge < -0.3 is 15.2 Å². The third kappa shape index (κ3) is 4.64. The van der Waals surface area contributed by atoms with Crippen LogP contribution in [0.4, 0.5) is 11.6 Å². The SMILES string of the molecule is OCC1CCCN1CCOc1cccc(Nc2nccc(-c3nccs3)n2)c1. The van der Waals surface area contributed by atoms with Gasteiger partial charge in [0.25, 0.3) is 0 Å². The first-order valence-electron chi connectivity index (χ1n) is 9.39. The lowest BCUT2D eigenvalue weighted by Crippen LogP contribution is -2.35. The molecule has 1 aliphatic heterocycles. The van der Waals surface area contributed by atoms with Gasteiger partial charge in [-0.05, 0) is 37.6 Å². The first-order chi connectivity index (χ1) is 13.8. The molecule has 0 amide bonds. The molecular weight excluding hydrogens is 374 g/mol. The smallest absolute Gasteiger partial charge is 0.227 e. The molecule has 1 aromatic carbocycles. The number of nitrogens with one attached hydrogen (secondary N) is 1. The minimum Gasteiger partial charge on any atom is -0.492 e. The number of aliphatic hydroxyl groups excluding tert-OH is 1. The summed E-state index contributed by atoms with van der Waals surface area (Å²) in [7, 11) is 0. The van der Waals surface area contributed by atoms with Gasteiger partial charge in [0.2, 0.25) is 5.95 Å². The van der Waals surface area contributed by atoms with Crippen LogP contribution in [0.25, 0.3) is 10.7 Å². The first-order valence-corrected chi connectivity index (χ1v) is 10.3. The zero-order chi connectivity index (χ0) is 19.2. The van der Waals surface area contributed by atoms with Gasteiger partial charge in [0, 0.05) is 42.1 Å². The molecule has 4 rings (SSSR count). The van der Waals surface area contributed by atoms with E-state index in [9.17, 15) is 5.11 Å². The number of hydrogen-bond donors (Lipinski definition) is 2. The number of benzene rings is 1. The quantitative estimate of drug-likeness (QED) is 0.604. The highest BCUT2D eigenvalue weighted by molar-refractivity contribution is 7.13. The summed E-state index contributed by atoms with van der Waals surface area (Å²) in [5.41, 5.74) is 1.66. The average molecular weight is 398 g/mol. The normalized spacial score (nSPS) is 17.0. The van der Waals surface area contributed by atoms with Crippen LogP contribution in [-0.2, 0) is 0 Å². The molecule has 1 aliphatic rings. The standard InChI is InChI=1S/C20H23N5O2S/c26-14-16-4-2-9-25(16)10-11-27-17-5-1-3-15(13-17)23-20-22-7-6-18(24-20)19-21-8-12-28-19/h1,3,5-8,12-13,16,26H,2,4,9-11,14H2,(H,22,23,24). The largest absolute Gasteiger partial charge is 0.492 e. The summed E-state index contributed by atoms with van der Waals surface area (Å²) in [6.45, 7) is 2.67. The number of ether oxygens (including phenoxy) is 1. The van der Waals surface area contributed by atoms with Gasteiger partial charge in [-0.15, -0.1) is 11.3 Å². The van der Waals surface area contributed by atoms with Crippen molar-refractivity contribution < 1.29 is 9.84 Å². The summed E-state index contributed by atoms with van der Waals surface area (Å²) in [5, 5.41) is 15.4. The molecule has 28 heavy (non-hydrogen) atoms. The van der Waals surface area contributed by atoms with E-state index in [1.54, 1.807) is 23.7 Å². The molecule has 0 bridgehead atoms. The van der Waals surface area contributed by atoms with Crippen LogP contribution in [0.1, 0.15) is 12.8 Å². The van der Waals surface area contributed by atoms with E-state index in [0.717, 1.165) is 48.1 Å². The third-order valence-electron chi connectivity index (χ3n) is 4.75. The van der Waals surface area contributed by atoms with Crippen molar-refractivity contribution in [3.63, 3.8) is 0 Å². The van der Waals surface area contributed by atoms with Gasteiger partial charge in [-0.1, -0.05) is 6.07 Å². The Labute approximate surface area is 168 Å². The molecule has 7 nitrogen and oxygen atoms in total. The predicted octanol–water partition coefficient (Wildman–Crippen LogP) is 3.18. The van der Waals surface area contributed by atoms with Crippen LogP contribution in [0, 0.1) is 0 Å². The monoisotopic (exact) mass is 397 g/mol. The van der Waals surface area contributed by atoms with E-state index in [1.807, 2.05) is 35.7 Å². The summed E-state index contributed by atoms with van der Waals surface area (Å²) in [6, 6.07) is 9.89. The molecule has 0 aliphatic carbocycles. The Bertz CT molecular complexity index is 890. The number of hydrogen-bond acceptors (Lipinski definition) is 8. The molecule has 8 heteroatoms. The van der Waals surface area contributed by atoms with E-state index in [1.165, 1.54) is 0 Å². The molecule has 1 unspecified atom stereocenters. The van der Waals surface area contributed by atoms with Gasteiger partial charge >= 0.3 is 0 Å². The Hall–Kier alpha value is -2.55. The number of likely N-dealkylation sites (tertiary alicyclic amines) is 1. The van der Waals surface area contributed by atoms with E-state index in [-0.39, 0.29) is 12.6 Å². The van der Waals surface area contributed by atoms with Crippen LogP contribution in [0.3, 0.4) is 0 Å². The van der Waals surface area contributed by atoms with Gasteiger partial charge in [0.1, 0.15) is 23.1 Å². The van der Waals surface area contributed by atoms with Crippen molar-refractivity contribution in [3.8, 4) is 16.5 Å². The second-order valence-corrected chi connectivity index (χ2v) is 7.51. The van der Waals surface area contributed by atoms with Gasteiger partial charge in [-0.25, -0.2) is 15.0 Å². The maximum atomic E-state index is 9.40. The molecule has 3 heterocycles. The minimum atomic E-state index is 0.222. The van der Waals surface area contributed by atoms with Crippen LogP contribution in [0.15, 0.2) is 48.1 Å². The molecule has 0 saturated carbocycles. The van der Waals surface area contributed by atoms with Crippen molar-refractivity contribution in [3.05, 3.63) is 48.1 Å². The van der Waals surface area contributed by atoms with Crippen LogP contribution in [0.2, 0.25) is 0 Å². The summed E-state index contributed by atoms with van der Waals surface area (Å²) in [6.07, 6.45) is 5.70. The van der Waals surface area contributed by atoms with Crippen molar-refractivity contribution in [1.29, 1.82) is 0 Å². The van der Waals surface area contributed by atoms with E-state index < -0.39 is 0 Å².